The van der Waals surface area contributed by atoms with Crippen LogP contribution in [0.2, 0.25) is 0 Å². The summed E-state index contributed by atoms with van der Waals surface area (Å²) in [7, 11) is 0. The maximum absolute atomic E-state index is 13.7. The van der Waals surface area contributed by atoms with E-state index in [1.807, 2.05) is 5.32 Å². The number of aliphatic hydroxyl groups is 3. The molecule has 1 saturated heterocycles. The summed E-state index contributed by atoms with van der Waals surface area (Å²) in [6.07, 6.45) is 6.26. The van der Waals surface area contributed by atoms with Gasteiger partial charge in [-0.1, -0.05) is 71.1 Å². The quantitative estimate of drug-likeness (QED) is 0.0347. The van der Waals surface area contributed by atoms with Crippen molar-refractivity contribution < 1.29 is 77.9 Å². The summed E-state index contributed by atoms with van der Waals surface area (Å²) in [5, 5.41) is 57.9. The highest BCUT2D eigenvalue weighted by Gasteiger charge is 2.35. The number of carbonyl (C=O) groups is 11. The molecule has 1 aliphatic heterocycles. The van der Waals surface area contributed by atoms with Gasteiger partial charge in [0.05, 0.1) is 32.2 Å². The Bertz CT molecular complexity index is 1770. The van der Waals surface area contributed by atoms with Crippen LogP contribution >= 0.6 is 0 Å². The number of carboxylic acid groups (broad SMARTS) is 1. The molecule has 16 N–H and O–H groups in total. The zero-order chi connectivity index (χ0) is 53.5. The molecule has 26 nitrogen and oxygen atoms in total. The van der Waals surface area contributed by atoms with Crippen LogP contribution in [-0.4, -0.2) is 166 Å². The van der Waals surface area contributed by atoms with Gasteiger partial charge in [0.15, 0.2) is 0 Å². The van der Waals surface area contributed by atoms with Crippen molar-refractivity contribution in [3.8, 4) is 0 Å². The number of amides is 9. The molecular weight excluding hydrogens is 937 g/mol. The molecule has 0 aromatic heterocycles. The summed E-state index contributed by atoms with van der Waals surface area (Å²) in [4.78, 5) is 144. The minimum atomic E-state index is -1.94. The molecule has 0 saturated carbocycles. The summed E-state index contributed by atoms with van der Waals surface area (Å²) in [6.45, 7) is 1.50. The smallest absolute Gasteiger partial charge is 0.325 e. The number of hydrogen-bond donors (Lipinski definition) is 14. The first kappa shape index (κ1) is 63.0. The average molecular weight is 1020 g/mol. The van der Waals surface area contributed by atoms with Gasteiger partial charge in [0.2, 0.25) is 53.2 Å². The van der Waals surface area contributed by atoms with Crippen molar-refractivity contribution in [3.05, 3.63) is 0 Å². The summed E-state index contributed by atoms with van der Waals surface area (Å²) >= 11 is 0. The fourth-order valence-corrected chi connectivity index (χ4v) is 7.28. The van der Waals surface area contributed by atoms with Crippen molar-refractivity contribution in [2.24, 2.45) is 11.5 Å². The number of carbonyl (C=O) groups excluding carboxylic acids is 10. The lowest BCUT2D eigenvalue weighted by atomic mass is 10.0. The van der Waals surface area contributed by atoms with E-state index in [9.17, 15) is 73.2 Å². The molecular formula is C45H78N10O16. The van der Waals surface area contributed by atoms with Gasteiger partial charge in [-0.15, -0.1) is 0 Å². The molecule has 1 fully saturated rings. The molecule has 1 aliphatic rings. The zero-order valence-electron chi connectivity index (χ0n) is 41.1. The van der Waals surface area contributed by atoms with Crippen LogP contribution in [-0.2, 0) is 57.5 Å². The van der Waals surface area contributed by atoms with E-state index in [4.69, 9.17) is 16.2 Å². The van der Waals surface area contributed by atoms with Crippen molar-refractivity contribution in [1.82, 2.24) is 42.5 Å². The van der Waals surface area contributed by atoms with Crippen molar-refractivity contribution in [3.63, 3.8) is 0 Å². The highest BCUT2D eigenvalue weighted by atomic mass is 16.5. The van der Waals surface area contributed by atoms with Crippen LogP contribution in [0.1, 0.15) is 136 Å². The van der Waals surface area contributed by atoms with Crippen molar-refractivity contribution >= 4 is 65.1 Å². The molecule has 1 heterocycles. The third-order valence-electron chi connectivity index (χ3n) is 11.4. The van der Waals surface area contributed by atoms with Crippen LogP contribution in [0.15, 0.2) is 0 Å². The molecule has 1 rings (SSSR count). The van der Waals surface area contributed by atoms with Crippen LogP contribution < -0.4 is 54.0 Å². The molecule has 0 aromatic carbocycles. The molecule has 9 atom stereocenters. The lowest BCUT2D eigenvalue weighted by Gasteiger charge is -2.27. The number of hydrogen-bond acceptors (Lipinski definition) is 16. The molecule has 9 amide bonds. The minimum Gasteiger partial charge on any atom is -0.481 e. The van der Waals surface area contributed by atoms with Crippen LogP contribution in [0.25, 0.3) is 0 Å². The number of carboxylic acids is 1. The van der Waals surface area contributed by atoms with Crippen LogP contribution in [0.3, 0.4) is 0 Å². The van der Waals surface area contributed by atoms with Crippen LogP contribution in [0, 0.1) is 0 Å². The summed E-state index contributed by atoms with van der Waals surface area (Å²) < 4.78 is 5.60. The number of aliphatic carboxylic acids is 1. The summed E-state index contributed by atoms with van der Waals surface area (Å²) in [6, 6.07) is -12.0. The lowest BCUT2D eigenvalue weighted by molar-refractivity contribution is -0.151. The standard InChI is InChI=1S/C45H78N10O16/c1-4-5-6-7-8-9-10-11-12-13-14-16-28-21-35(60)49-26(2)39(64)50-29(17-15-20-46)40(65)51-30(18-19-36(61)62)41(66)53-33(25-57)44(69)54-32(24-56)43(68)52-31(22-34(47)59)42(67)55-38(27(3)58)45(70)48-23-37(63)71-28/h26-33,38,56-58H,4-25,46H2,1-3H3,(H2,47,59)(H,48,70)(H,49,60)(H,50,64)(H,51,65)(H,52,68)(H,53,66)(H,54,69)(H,55,67)(H,61,62)/t26-,27+,28?,29-,30-,31+,32-,33-,38+/m0/s1. The van der Waals surface area contributed by atoms with Gasteiger partial charge in [-0.2, -0.15) is 0 Å². The largest absolute Gasteiger partial charge is 0.481 e. The van der Waals surface area contributed by atoms with E-state index in [1.165, 1.54) is 32.6 Å². The number of aliphatic hydroxyl groups excluding tert-OH is 3. The highest BCUT2D eigenvalue weighted by molar-refractivity contribution is 5.99. The third-order valence-corrected chi connectivity index (χ3v) is 11.4. The highest BCUT2D eigenvalue weighted by Crippen LogP contribution is 2.16. The van der Waals surface area contributed by atoms with Gasteiger partial charge < -0.3 is 79.2 Å². The van der Waals surface area contributed by atoms with E-state index in [0.717, 1.165) is 45.4 Å². The predicted octanol–water partition coefficient (Wildman–Crippen LogP) is -3.62. The topological polar surface area (TPSA) is 426 Å². The first-order chi connectivity index (χ1) is 33.7. The van der Waals surface area contributed by atoms with Crippen LogP contribution in [0.5, 0.6) is 0 Å². The fraction of sp³-hybridized carbons (Fsp3) is 0.756. The molecule has 0 spiro atoms. The number of rotatable bonds is 23. The minimum absolute atomic E-state index is 0.0536. The Morgan fingerprint density at radius 1 is 0.620 bits per heavy atom. The van der Waals surface area contributed by atoms with Crippen molar-refractivity contribution in [2.75, 3.05) is 26.3 Å². The molecule has 26 heteroatoms. The summed E-state index contributed by atoms with van der Waals surface area (Å²) in [5.74, 6) is -12.4. The fourth-order valence-electron chi connectivity index (χ4n) is 7.28. The molecule has 0 aliphatic carbocycles. The van der Waals surface area contributed by atoms with Gasteiger partial charge in [0, 0.05) is 6.42 Å². The van der Waals surface area contributed by atoms with E-state index in [1.54, 1.807) is 0 Å². The van der Waals surface area contributed by atoms with Gasteiger partial charge in [-0.25, -0.2) is 0 Å². The second kappa shape index (κ2) is 35.2. The number of nitrogens with one attached hydrogen (secondary N) is 8. The van der Waals surface area contributed by atoms with Gasteiger partial charge in [0.25, 0.3) is 0 Å². The summed E-state index contributed by atoms with van der Waals surface area (Å²) in [5.41, 5.74) is 11.0. The van der Waals surface area contributed by atoms with E-state index >= 15 is 0 Å². The first-order valence-electron chi connectivity index (χ1n) is 24.4. The van der Waals surface area contributed by atoms with E-state index < -0.39 is 165 Å². The molecule has 0 radical (unpaired) electrons. The Morgan fingerprint density at radius 2 is 1.08 bits per heavy atom. The lowest BCUT2D eigenvalue weighted by Crippen LogP contribution is -2.62. The number of ether oxygens (including phenoxy) is 1. The Kier molecular flexibility index (Phi) is 31.2. The monoisotopic (exact) mass is 1010 g/mol. The molecule has 0 aromatic rings. The van der Waals surface area contributed by atoms with Crippen LogP contribution in [0.4, 0.5) is 0 Å². The number of primary amides is 1. The number of cyclic esters (lactones) is 1. The molecule has 0 bridgehead atoms. The average Bonchev–Trinajstić information content (AvgIpc) is 3.31. The SMILES string of the molecule is CCCCCCCCCCCCCC1CC(=O)N[C@@H](C)C(=O)N[C@@H](CCCN)C(=O)N[C@@H](CCC(=O)O)C(=O)N[C@@H](CO)C(=O)N[C@@H](CO)C(=O)N[C@H](CC(N)=O)C(=O)N[C@H]([C@@H](C)O)C(=O)NCC(=O)O1. The number of nitrogens with two attached hydrogens (primary N) is 2. The maximum Gasteiger partial charge on any atom is 0.325 e. The Labute approximate surface area is 413 Å². The number of esters is 1. The Hall–Kier alpha value is -5.99. The molecule has 404 valence electrons. The van der Waals surface area contributed by atoms with E-state index in [-0.39, 0.29) is 25.8 Å². The Balaban J connectivity index is 3.58. The van der Waals surface area contributed by atoms with Crippen molar-refractivity contribution in [1.29, 1.82) is 0 Å². The number of unbranched alkanes of at least 4 members (excludes halogenated alkanes) is 10. The Morgan fingerprint density at radius 3 is 1.58 bits per heavy atom. The van der Waals surface area contributed by atoms with Gasteiger partial charge in [-0.05, 0) is 52.5 Å². The van der Waals surface area contributed by atoms with Gasteiger partial charge in [-0.3, -0.25) is 52.7 Å². The second-order valence-corrected chi connectivity index (χ2v) is 17.6. The third kappa shape index (κ3) is 26.2. The first-order valence-corrected chi connectivity index (χ1v) is 24.4. The molecule has 71 heavy (non-hydrogen) atoms. The zero-order valence-corrected chi connectivity index (χ0v) is 41.1. The maximum atomic E-state index is 13.7. The van der Waals surface area contributed by atoms with Gasteiger partial charge >= 0.3 is 11.9 Å². The van der Waals surface area contributed by atoms with E-state index in [0.29, 0.717) is 6.42 Å². The van der Waals surface area contributed by atoms with E-state index in [2.05, 4.69) is 44.1 Å². The van der Waals surface area contributed by atoms with Gasteiger partial charge in [0.1, 0.15) is 54.9 Å². The molecule has 1 unspecified atom stereocenters. The predicted molar refractivity (Wildman–Crippen MR) is 253 cm³/mol. The normalized spacial score (nSPS) is 24.7. The second-order valence-electron chi connectivity index (χ2n) is 17.6. The van der Waals surface area contributed by atoms with Crippen molar-refractivity contribution in [2.45, 2.75) is 191 Å².